The molecule has 0 spiro atoms. The van der Waals surface area contributed by atoms with Gasteiger partial charge in [-0.25, -0.2) is 0 Å². The molecule has 4 unspecified atom stereocenters. The zero-order valence-electron chi connectivity index (χ0n) is 9.75. The van der Waals surface area contributed by atoms with Crippen LogP contribution < -0.4 is 11.1 Å². The van der Waals surface area contributed by atoms with E-state index in [0.717, 1.165) is 25.7 Å². The first-order valence-corrected chi connectivity index (χ1v) is 6.11. The molecule has 3 N–H and O–H groups in total. The molecule has 0 saturated heterocycles. The summed E-state index contributed by atoms with van der Waals surface area (Å²) in [5, 5.41) is 3.07. The monoisotopic (exact) mass is 210 g/mol. The minimum Gasteiger partial charge on any atom is -0.351 e. The summed E-state index contributed by atoms with van der Waals surface area (Å²) < 4.78 is 0. The van der Waals surface area contributed by atoms with Crippen LogP contribution in [0.2, 0.25) is 0 Å². The van der Waals surface area contributed by atoms with Gasteiger partial charge in [0.1, 0.15) is 0 Å². The number of hydrogen-bond acceptors (Lipinski definition) is 2. The van der Waals surface area contributed by atoms with Crippen LogP contribution in [-0.2, 0) is 4.79 Å². The molecule has 0 aromatic heterocycles. The van der Waals surface area contributed by atoms with E-state index in [1.165, 1.54) is 6.42 Å². The molecule has 1 amide bonds. The van der Waals surface area contributed by atoms with E-state index < -0.39 is 5.54 Å². The van der Waals surface area contributed by atoms with Gasteiger partial charge in [-0.05, 0) is 31.1 Å². The number of carbonyl (C=O) groups is 1. The molecule has 15 heavy (non-hydrogen) atoms. The van der Waals surface area contributed by atoms with Gasteiger partial charge >= 0.3 is 0 Å². The van der Waals surface area contributed by atoms with Crippen molar-refractivity contribution in [2.24, 2.45) is 17.6 Å². The average Bonchev–Trinajstić information content (AvgIpc) is 2.81. The van der Waals surface area contributed by atoms with Gasteiger partial charge in [0, 0.05) is 6.04 Å². The van der Waals surface area contributed by atoms with E-state index in [1.54, 1.807) is 0 Å². The second-order valence-electron chi connectivity index (χ2n) is 5.65. The third-order valence-corrected chi connectivity index (χ3v) is 3.91. The molecule has 4 atom stereocenters. The standard InChI is InChI=1S/C12H22N2O/c1-8-4-3-5-12(13,7-8)11(15)14-10-6-9(10)2/h8-10H,3-7,13H2,1-2H3,(H,14,15). The lowest BCUT2D eigenvalue weighted by Gasteiger charge is -2.35. The Morgan fingerprint density at radius 2 is 2.13 bits per heavy atom. The van der Waals surface area contributed by atoms with Gasteiger partial charge in [-0.2, -0.15) is 0 Å². The Kier molecular flexibility index (Phi) is 2.75. The number of carbonyl (C=O) groups excluding carboxylic acids is 1. The Morgan fingerprint density at radius 1 is 1.47 bits per heavy atom. The summed E-state index contributed by atoms with van der Waals surface area (Å²) in [5.74, 6) is 1.33. The van der Waals surface area contributed by atoms with Crippen LogP contribution in [0.25, 0.3) is 0 Å². The molecule has 0 heterocycles. The van der Waals surface area contributed by atoms with Gasteiger partial charge in [0.05, 0.1) is 5.54 Å². The topological polar surface area (TPSA) is 55.1 Å². The van der Waals surface area contributed by atoms with E-state index in [4.69, 9.17) is 5.73 Å². The van der Waals surface area contributed by atoms with Crippen LogP contribution in [0.5, 0.6) is 0 Å². The number of rotatable bonds is 2. The van der Waals surface area contributed by atoms with E-state index >= 15 is 0 Å². The van der Waals surface area contributed by atoms with E-state index in [9.17, 15) is 4.79 Å². The maximum atomic E-state index is 12.0. The van der Waals surface area contributed by atoms with Crippen LogP contribution in [0, 0.1) is 11.8 Å². The first-order valence-electron chi connectivity index (χ1n) is 6.11. The van der Waals surface area contributed by atoms with E-state index in [1.807, 2.05) is 0 Å². The summed E-state index contributed by atoms with van der Waals surface area (Å²) in [4.78, 5) is 12.0. The molecular formula is C12H22N2O. The first kappa shape index (κ1) is 10.9. The van der Waals surface area contributed by atoms with Crippen molar-refractivity contribution in [1.82, 2.24) is 5.32 Å². The molecule has 0 bridgehead atoms. The Labute approximate surface area is 91.8 Å². The van der Waals surface area contributed by atoms with Crippen molar-refractivity contribution in [3.8, 4) is 0 Å². The van der Waals surface area contributed by atoms with Gasteiger partial charge in [0.25, 0.3) is 0 Å². The Bertz CT molecular complexity index is 266. The summed E-state index contributed by atoms with van der Waals surface area (Å²) in [6.07, 6.45) is 5.12. The van der Waals surface area contributed by atoms with Gasteiger partial charge in [-0.1, -0.05) is 26.7 Å². The summed E-state index contributed by atoms with van der Waals surface area (Å²) in [6.45, 7) is 4.35. The third kappa shape index (κ3) is 2.33. The molecule has 3 nitrogen and oxygen atoms in total. The van der Waals surface area contributed by atoms with Crippen LogP contribution in [0.1, 0.15) is 46.0 Å². The fourth-order valence-corrected chi connectivity index (χ4v) is 2.63. The molecule has 2 rings (SSSR count). The summed E-state index contributed by atoms with van der Waals surface area (Å²) in [5.41, 5.74) is 5.62. The summed E-state index contributed by atoms with van der Waals surface area (Å²) in [7, 11) is 0. The van der Waals surface area contributed by atoms with E-state index in [0.29, 0.717) is 17.9 Å². The molecule has 2 fully saturated rings. The minimum absolute atomic E-state index is 0.0865. The fourth-order valence-electron chi connectivity index (χ4n) is 2.63. The second kappa shape index (κ2) is 3.78. The maximum Gasteiger partial charge on any atom is 0.240 e. The number of nitrogens with two attached hydrogens (primary N) is 1. The Balaban J connectivity index is 1.92. The van der Waals surface area contributed by atoms with Crippen molar-refractivity contribution in [3.63, 3.8) is 0 Å². The van der Waals surface area contributed by atoms with Gasteiger partial charge in [0.2, 0.25) is 5.91 Å². The molecule has 0 aromatic carbocycles. The normalized spacial score (nSPS) is 44.9. The molecule has 0 aromatic rings. The molecule has 0 aliphatic heterocycles. The molecule has 86 valence electrons. The predicted molar refractivity (Wildman–Crippen MR) is 60.3 cm³/mol. The number of amides is 1. The van der Waals surface area contributed by atoms with Crippen LogP contribution >= 0.6 is 0 Å². The second-order valence-corrected chi connectivity index (χ2v) is 5.65. The summed E-state index contributed by atoms with van der Waals surface area (Å²) in [6, 6.07) is 0.398. The molecule has 3 heteroatoms. The molecule has 2 aliphatic rings. The highest BCUT2D eigenvalue weighted by molar-refractivity contribution is 5.86. The van der Waals surface area contributed by atoms with Crippen LogP contribution in [-0.4, -0.2) is 17.5 Å². The first-order chi connectivity index (χ1) is 7.01. The van der Waals surface area contributed by atoms with Crippen molar-refractivity contribution in [2.75, 3.05) is 0 Å². The average molecular weight is 210 g/mol. The van der Waals surface area contributed by atoms with E-state index in [2.05, 4.69) is 19.2 Å². The number of hydrogen-bond donors (Lipinski definition) is 2. The van der Waals surface area contributed by atoms with Crippen molar-refractivity contribution >= 4 is 5.91 Å². The predicted octanol–water partition coefficient (Wildman–Crippen LogP) is 1.42. The smallest absolute Gasteiger partial charge is 0.240 e. The molecule has 2 aliphatic carbocycles. The number of nitrogens with one attached hydrogen (secondary N) is 1. The molecule has 2 saturated carbocycles. The van der Waals surface area contributed by atoms with Crippen LogP contribution in [0.15, 0.2) is 0 Å². The zero-order valence-corrected chi connectivity index (χ0v) is 9.75. The maximum absolute atomic E-state index is 12.0. The van der Waals surface area contributed by atoms with Crippen molar-refractivity contribution in [3.05, 3.63) is 0 Å². The highest BCUT2D eigenvalue weighted by Gasteiger charge is 2.42. The van der Waals surface area contributed by atoms with Gasteiger partial charge < -0.3 is 11.1 Å². The lowest BCUT2D eigenvalue weighted by molar-refractivity contribution is -0.128. The third-order valence-electron chi connectivity index (χ3n) is 3.91. The molecular weight excluding hydrogens is 188 g/mol. The molecule has 0 radical (unpaired) electrons. The van der Waals surface area contributed by atoms with E-state index in [-0.39, 0.29) is 5.91 Å². The lowest BCUT2D eigenvalue weighted by Crippen LogP contribution is -2.56. The zero-order chi connectivity index (χ0) is 11.1. The SMILES string of the molecule is CC1CCCC(N)(C(=O)NC2CC2C)C1. The minimum atomic E-state index is -0.583. The van der Waals surface area contributed by atoms with Gasteiger partial charge in [-0.15, -0.1) is 0 Å². The lowest BCUT2D eigenvalue weighted by atomic mass is 9.76. The largest absolute Gasteiger partial charge is 0.351 e. The van der Waals surface area contributed by atoms with Crippen molar-refractivity contribution in [1.29, 1.82) is 0 Å². The van der Waals surface area contributed by atoms with Crippen LogP contribution in [0.3, 0.4) is 0 Å². The quantitative estimate of drug-likeness (QED) is 0.724. The van der Waals surface area contributed by atoms with Gasteiger partial charge in [0.15, 0.2) is 0 Å². The Hall–Kier alpha value is -0.570. The fraction of sp³-hybridized carbons (Fsp3) is 0.917. The summed E-state index contributed by atoms with van der Waals surface area (Å²) >= 11 is 0. The van der Waals surface area contributed by atoms with Crippen LogP contribution in [0.4, 0.5) is 0 Å². The highest BCUT2D eigenvalue weighted by Crippen LogP contribution is 2.33. The Morgan fingerprint density at radius 3 is 2.67 bits per heavy atom. The van der Waals surface area contributed by atoms with Gasteiger partial charge in [-0.3, -0.25) is 4.79 Å². The highest BCUT2D eigenvalue weighted by atomic mass is 16.2. The van der Waals surface area contributed by atoms with Crippen molar-refractivity contribution in [2.45, 2.75) is 57.5 Å². The van der Waals surface area contributed by atoms with Crippen molar-refractivity contribution < 1.29 is 4.79 Å².